The van der Waals surface area contributed by atoms with Crippen molar-refractivity contribution in [3.63, 3.8) is 0 Å². The Morgan fingerprint density at radius 1 is 1.44 bits per heavy atom. The maximum Gasteiger partial charge on any atom is 0.254 e. The molecule has 16 heavy (non-hydrogen) atoms. The molecule has 1 rings (SSSR count). The Labute approximate surface area is 99.3 Å². The summed E-state index contributed by atoms with van der Waals surface area (Å²) in [5, 5.41) is 9.94. The molecule has 0 bridgehead atoms. The van der Waals surface area contributed by atoms with Crippen LogP contribution in [0.4, 0.5) is 0 Å². The van der Waals surface area contributed by atoms with Gasteiger partial charge in [-0.15, -0.1) is 4.83 Å². The number of sulfonamides is 1. The van der Waals surface area contributed by atoms with Crippen molar-refractivity contribution in [3.8, 4) is 6.07 Å². The van der Waals surface area contributed by atoms with Gasteiger partial charge in [-0.05, 0) is 18.2 Å². The zero-order valence-electron chi connectivity index (χ0n) is 8.73. The molecule has 0 unspecified atom stereocenters. The van der Waals surface area contributed by atoms with E-state index in [1.54, 1.807) is 14.1 Å². The molecule has 86 valence electrons. The van der Waals surface area contributed by atoms with Crippen LogP contribution in [-0.2, 0) is 10.0 Å². The number of hydrogen-bond donors (Lipinski definition) is 1. The number of benzene rings is 1. The number of nitrogens with zero attached hydrogens (tertiary/aromatic N) is 2. The van der Waals surface area contributed by atoms with Gasteiger partial charge in [0.25, 0.3) is 10.0 Å². The first-order valence-corrected chi connectivity index (χ1v) is 6.12. The fraction of sp³-hybridized carbons (Fsp3) is 0.222. The van der Waals surface area contributed by atoms with Crippen LogP contribution in [-0.4, -0.2) is 27.5 Å². The molecule has 7 heteroatoms. The molecule has 1 N–H and O–H groups in total. The lowest BCUT2D eigenvalue weighted by Gasteiger charge is -2.13. The highest BCUT2D eigenvalue weighted by atomic mass is 35.5. The van der Waals surface area contributed by atoms with Crippen LogP contribution in [0.5, 0.6) is 0 Å². The molecule has 0 aliphatic heterocycles. The Bertz CT molecular complexity index is 534. The van der Waals surface area contributed by atoms with Crippen molar-refractivity contribution in [2.24, 2.45) is 0 Å². The molecule has 1 aromatic carbocycles. The number of nitrogens with one attached hydrogen (secondary N) is 1. The highest BCUT2D eigenvalue weighted by molar-refractivity contribution is 7.89. The zero-order valence-corrected chi connectivity index (χ0v) is 10.3. The first-order valence-electron chi connectivity index (χ1n) is 4.26. The standard InChI is InChI=1S/C9H10ClN3O2S/c1-13(2)12-16(14,15)9-4-3-7(6-11)5-8(9)10/h3-5,12H,1-2H3. The van der Waals surface area contributed by atoms with Gasteiger partial charge in [-0.3, -0.25) is 0 Å². The van der Waals surface area contributed by atoms with E-state index >= 15 is 0 Å². The van der Waals surface area contributed by atoms with E-state index in [1.165, 1.54) is 23.2 Å². The first-order chi connectivity index (χ1) is 7.36. The molecule has 0 aromatic heterocycles. The van der Waals surface area contributed by atoms with Crippen LogP contribution in [0.15, 0.2) is 23.1 Å². The number of rotatable bonds is 3. The first kappa shape index (κ1) is 12.9. The molecule has 0 aliphatic carbocycles. The van der Waals surface area contributed by atoms with E-state index in [-0.39, 0.29) is 9.92 Å². The predicted octanol–water partition coefficient (Wildman–Crippen LogP) is 0.967. The Hall–Kier alpha value is -1.13. The minimum atomic E-state index is -3.68. The second-order valence-corrected chi connectivity index (χ2v) is 5.28. The summed E-state index contributed by atoms with van der Waals surface area (Å²) in [5.41, 5.74) is 0.314. The third kappa shape index (κ3) is 2.93. The van der Waals surface area contributed by atoms with Crippen molar-refractivity contribution in [2.75, 3.05) is 14.1 Å². The second kappa shape index (κ2) is 4.80. The molecular formula is C9H10ClN3O2S. The van der Waals surface area contributed by atoms with Gasteiger partial charge in [-0.1, -0.05) is 11.6 Å². The van der Waals surface area contributed by atoms with Crippen molar-refractivity contribution in [1.29, 1.82) is 5.26 Å². The summed E-state index contributed by atoms with van der Waals surface area (Å²) >= 11 is 5.79. The second-order valence-electron chi connectivity index (χ2n) is 3.25. The lowest BCUT2D eigenvalue weighted by Crippen LogP contribution is -2.36. The quantitative estimate of drug-likeness (QED) is 0.821. The summed E-state index contributed by atoms with van der Waals surface area (Å²) in [6.45, 7) is 0. The third-order valence-electron chi connectivity index (χ3n) is 1.65. The highest BCUT2D eigenvalue weighted by Gasteiger charge is 2.18. The number of nitriles is 1. The normalized spacial score (nSPS) is 11.4. The van der Waals surface area contributed by atoms with Crippen molar-refractivity contribution >= 4 is 21.6 Å². The molecule has 0 saturated carbocycles. The van der Waals surface area contributed by atoms with Gasteiger partial charge in [-0.2, -0.15) is 5.26 Å². The Kier molecular flexibility index (Phi) is 3.88. The average Bonchev–Trinajstić information content (AvgIpc) is 2.14. The third-order valence-corrected chi connectivity index (χ3v) is 3.62. The van der Waals surface area contributed by atoms with E-state index in [0.717, 1.165) is 0 Å². The van der Waals surface area contributed by atoms with Crippen molar-refractivity contribution in [3.05, 3.63) is 28.8 Å². The molecule has 1 aromatic rings. The van der Waals surface area contributed by atoms with Crippen LogP contribution in [0.25, 0.3) is 0 Å². The van der Waals surface area contributed by atoms with Gasteiger partial charge in [0.2, 0.25) is 0 Å². The van der Waals surface area contributed by atoms with Gasteiger partial charge < -0.3 is 0 Å². The molecule has 0 saturated heterocycles. The lowest BCUT2D eigenvalue weighted by atomic mass is 10.2. The molecule has 5 nitrogen and oxygen atoms in total. The van der Waals surface area contributed by atoms with Crippen LogP contribution >= 0.6 is 11.6 Å². The van der Waals surface area contributed by atoms with Gasteiger partial charge in [0.05, 0.1) is 16.7 Å². The van der Waals surface area contributed by atoms with E-state index in [0.29, 0.717) is 5.56 Å². The summed E-state index contributed by atoms with van der Waals surface area (Å²) in [6, 6.07) is 5.89. The summed E-state index contributed by atoms with van der Waals surface area (Å²) in [7, 11) is -0.579. The van der Waals surface area contributed by atoms with E-state index < -0.39 is 10.0 Å². The molecule has 0 atom stereocenters. The highest BCUT2D eigenvalue weighted by Crippen LogP contribution is 2.22. The van der Waals surface area contributed by atoms with E-state index in [4.69, 9.17) is 16.9 Å². The monoisotopic (exact) mass is 259 g/mol. The Morgan fingerprint density at radius 2 is 2.06 bits per heavy atom. The van der Waals surface area contributed by atoms with E-state index in [9.17, 15) is 8.42 Å². The van der Waals surface area contributed by atoms with Gasteiger partial charge in [0.15, 0.2) is 0 Å². The zero-order chi connectivity index (χ0) is 12.3. The summed E-state index contributed by atoms with van der Waals surface area (Å²) in [4.78, 5) is 2.20. The average molecular weight is 260 g/mol. The fourth-order valence-corrected chi connectivity index (χ4v) is 2.71. The Balaban J connectivity index is 3.20. The van der Waals surface area contributed by atoms with Crippen LogP contribution < -0.4 is 4.83 Å². The van der Waals surface area contributed by atoms with Gasteiger partial charge in [0.1, 0.15) is 4.90 Å². The molecule has 0 amide bonds. The van der Waals surface area contributed by atoms with Crippen molar-refractivity contribution in [2.45, 2.75) is 4.90 Å². The van der Waals surface area contributed by atoms with Gasteiger partial charge in [-0.25, -0.2) is 13.4 Å². The number of hydrogen-bond acceptors (Lipinski definition) is 4. The number of hydrazine groups is 1. The van der Waals surface area contributed by atoms with Crippen molar-refractivity contribution in [1.82, 2.24) is 9.84 Å². The smallest absolute Gasteiger partial charge is 0.237 e. The maximum atomic E-state index is 11.7. The minimum Gasteiger partial charge on any atom is -0.237 e. The van der Waals surface area contributed by atoms with Crippen LogP contribution in [0.3, 0.4) is 0 Å². The van der Waals surface area contributed by atoms with Crippen LogP contribution in [0, 0.1) is 11.3 Å². The van der Waals surface area contributed by atoms with Gasteiger partial charge >= 0.3 is 0 Å². The molecule has 0 fully saturated rings. The largest absolute Gasteiger partial charge is 0.254 e. The SMILES string of the molecule is CN(C)NS(=O)(=O)c1ccc(C#N)cc1Cl. The summed E-state index contributed by atoms with van der Waals surface area (Å²) in [6.07, 6.45) is 0. The molecule has 0 aliphatic rings. The molecule has 0 heterocycles. The number of halogens is 1. The summed E-state index contributed by atoms with van der Waals surface area (Å²) < 4.78 is 23.5. The maximum absolute atomic E-state index is 11.7. The molecular weight excluding hydrogens is 250 g/mol. The minimum absolute atomic E-state index is 0.0217. The molecule has 0 spiro atoms. The summed E-state index contributed by atoms with van der Waals surface area (Å²) in [5.74, 6) is 0. The van der Waals surface area contributed by atoms with E-state index in [1.807, 2.05) is 6.07 Å². The van der Waals surface area contributed by atoms with Crippen molar-refractivity contribution < 1.29 is 8.42 Å². The fourth-order valence-electron chi connectivity index (χ4n) is 1.08. The van der Waals surface area contributed by atoms with Gasteiger partial charge in [0, 0.05) is 14.1 Å². The lowest BCUT2D eigenvalue weighted by molar-refractivity contribution is 0.364. The molecule has 0 radical (unpaired) electrons. The van der Waals surface area contributed by atoms with Crippen LogP contribution in [0.2, 0.25) is 5.02 Å². The Morgan fingerprint density at radius 3 is 2.50 bits per heavy atom. The topological polar surface area (TPSA) is 73.2 Å². The van der Waals surface area contributed by atoms with E-state index in [2.05, 4.69) is 4.83 Å². The predicted molar refractivity (Wildman–Crippen MR) is 60.2 cm³/mol. The van der Waals surface area contributed by atoms with Crippen LogP contribution in [0.1, 0.15) is 5.56 Å².